The summed E-state index contributed by atoms with van der Waals surface area (Å²) >= 11 is 1.22. The maximum atomic E-state index is 14.5. The van der Waals surface area contributed by atoms with Gasteiger partial charge in [-0.1, -0.05) is 24.3 Å². The number of aliphatic imine (C=N–C) groups is 1. The van der Waals surface area contributed by atoms with Gasteiger partial charge in [-0.25, -0.2) is 4.98 Å². The molecule has 1 aliphatic heterocycles. The molecule has 3 heterocycles. The topological polar surface area (TPSA) is 89.4 Å². The van der Waals surface area contributed by atoms with Gasteiger partial charge in [0.1, 0.15) is 27.8 Å². The van der Waals surface area contributed by atoms with Crippen LogP contribution in [-0.2, 0) is 6.18 Å². The minimum Gasteiger partial charge on any atom is -0.457 e. The summed E-state index contributed by atoms with van der Waals surface area (Å²) < 4.78 is 49.2. The lowest BCUT2D eigenvalue weighted by atomic mass is 9.93. The number of aromatic nitrogens is 3. The van der Waals surface area contributed by atoms with E-state index < -0.39 is 17.6 Å². The van der Waals surface area contributed by atoms with Crippen LogP contribution < -0.4 is 10.1 Å². The van der Waals surface area contributed by atoms with E-state index >= 15 is 0 Å². The summed E-state index contributed by atoms with van der Waals surface area (Å²) in [6.07, 6.45) is 1.60. The Bertz CT molecular complexity index is 1490. The van der Waals surface area contributed by atoms with Gasteiger partial charge in [0.15, 0.2) is 0 Å². The van der Waals surface area contributed by atoms with E-state index in [1.165, 1.54) is 41.2 Å². The van der Waals surface area contributed by atoms with Crippen molar-refractivity contribution in [2.45, 2.75) is 12.6 Å². The van der Waals surface area contributed by atoms with E-state index in [0.29, 0.717) is 16.1 Å². The number of dihydropyridines is 1. The zero-order valence-electron chi connectivity index (χ0n) is 19.1. The molecule has 1 N–H and O–H groups in total. The Morgan fingerprint density at radius 2 is 1.89 bits per heavy atom. The fraction of sp³-hybridized carbons (Fsp3) is 0.115. The number of nitrogens with zero attached hydrogens (tertiary/aromatic N) is 4. The van der Waals surface area contributed by atoms with Gasteiger partial charge in [-0.05, 0) is 35.9 Å². The molecule has 0 saturated carbocycles. The Balaban J connectivity index is 1.55. The molecule has 0 unspecified atom stereocenters. The smallest absolute Gasteiger partial charge is 0.420 e. The van der Waals surface area contributed by atoms with Crippen molar-refractivity contribution >= 4 is 34.7 Å². The number of carbonyl (C=O) groups excluding carboxylic acids is 1. The third-order valence-corrected chi connectivity index (χ3v) is 6.33. The molecule has 0 fully saturated rings. The SMILES string of the molecule is O=C(Nc1ccc(Oc2ccccc2)c(C(F)(F)F)c1C1=CCN=CC1)c1csc(-c2ccnnc2)n1. The molecule has 0 spiro atoms. The van der Waals surface area contributed by atoms with Crippen molar-refractivity contribution < 1.29 is 22.7 Å². The molecular formula is C26H18F3N5O2S. The summed E-state index contributed by atoms with van der Waals surface area (Å²) in [6, 6.07) is 12.5. The molecule has 0 saturated heterocycles. The van der Waals surface area contributed by atoms with Crippen LogP contribution in [0.4, 0.5) is 18.9 Å². The van der Waals surface area contributed by atoms with E-state index in [2.05, 4.69) is 25.5 Å². The van der Waals surface area contributed by atoms with Gasteiger partial charge in [0.2, 0.25) is 0 Å². The number of para-hydroxylation sites is 1. The van der Waals surface area contributed by atoms with E-state index in [0.717, 1.165) is 0 Å². The number of amides is 1. The maximum absolute atomic E-state index is 14.5. The standard InChI is InChI=1S/C26H18F3N5O2S/c27-26(28,29)23-21(36-18-4-2-1-3-5-18)7-6-19(22(23)16-8-11-30-12-9-16)33-24(35)20-15-37-25(34-20)17-10-13-31-32-14-17/h1-8,10,12-15H,9,11H2,(H,33,35). The lowest BCUT2D eigenvalue weighted by Gasteiger charge is -2.23. The van der Waals surface area contributed by atoms with Crippen LogP contribution in [0.25, 0.3) is 16.1 Å². The second-order valence-electron chi connectivity index (χ2n) is 7.88. The second kappa shape index (κ2) is 10.3. The molecule has 0 radical (unpaired) electrons. The Kier molecular flexibility index (Phi) is 6.78. The van der Waals surface area contributed by atoms with Gasteiger partial charge in [0.05, 0.1) is 18.9 Å². The van der Waals surface area contributed by atoms with Crippen LogP contribution in [0.5, 0.6) is 11.5 Å². The first-order chi connectivity index (χ1) is 17.9. The highest BCUT2D eigenvalue weighted by atomic mass is 32.1. The second-order valence-corrected chi connectivity index (χ2v) is 8.74. The molecule has 37 heavy (non-hydrogen) atoms. The molecule has 2 aromatic heterocycles. The fourth-order valence-electron chi connectivity index (χ4n) is 3.81. The predicted molar refractivity (Wildman–Crippen MR) is 135 cm³/mol. The molecule has 0 bridgehead atoms. The minimum absolute atomic E-state index is 0.000542. The van der Waals surface area contributed by atoms with Crippen molar-refractivity contribution in [3.05, 3.63) is 89.2 Å². The molecule has 1 amide bonds. The average Bonchev–Trinajstić information content (AvgIpc) is 3.41. The number of alkyl halides is 3. The highest BCUT2D eigenvalue weighted by molar-refractivity contribution is 7.13. The predicted octanol–water partition coefficient (Wildman–Crippen LogP) is 6.52. The summed E-state index contributed by atoms with van der Waals surface area (Å²) in [5, 5.41) is 12.2. The van der Waals surface area contributed by atoms with E-state index in [1.54, 1.807) is 48.7 Å². The molecule has 186 valence electrons. The van der Waals surface area contributed by atoms with Gasteiger partial charge in [0.25, 0.3) is 5.91 Å². The van der Waals surface area contributed by atoms with E-state index in [9.17, 15) is 18.0 Å². The van der Waals surface area contributed by atoms with Crippen molar-refractivity contribution in [3.8, 4) is 22.1 Å². The zero-order chi connectivity index (χ0) is 25.8. The summed E-state index contributed by atoms with van der Waals surface area (Å²) in [6.45, 7) is 0.235. The van der Waals surface area contributed by atoms with Crippen LogP contribution >= 0.6 is 11.3 Å². The van der Waals surface area contributed by atoms with Gasteiger partial charge in [-0.15, -0.1) is 11.3 Å². The number of benzene rings is 2. The number of carbonyl (C=O) groups is 1. The zero-order valence-corrected chi connectivity index (χ0v) is 19.9. The third-order valence-electron chi connectivity index (χ3n) is 5.44. The number of anilines is 1. The molecule has 4 aromatic rings. The molecule has 1 aliphatic rings. The Hall–Kier alpha value is -4.38. The largest absolute Gasteiger partial charge is 0.457 e. The highest BCUT2D eigenvalue weighted by Gasteiger charge is 2.40. The number of hydrogen-bond donors (Lipinski definition) is 1. The van der Waals surface area contributed by atoms with Crippen molar-refractivity contribution in [2.75, 3.05) is 11.9 Å². The van der Waals surface area contributed by atoms with E-state index in [-0.39, 0.29) is 41.4 Å². The number of ether oxygens (including phenoxy) is 1. The summed E-state index contributed by atoms with van der Waals surface area (Å²) in [4.78, 5) is 21.5. The van der Waals surface area contributed by atoms with Crippen LogP contribution in [0.1, 0.15) is 28.0 Å². The quantitative estimate of drug-likeness (QED) is 0.312. The van der Waals surface area contributed by atoms with Gasteiger partial charge in [-0.3, -0.25) is 9.79 Å². The van der Waals surface area contributed by atoms with Crippen molar-refractivity contribution in [2.24, 2.45) is 4.99 Å². The van der Waals surface area contributed by atoms with Crippen molar-refractivity contribution in [3.63, 3.8) is 0 Å². The molecule has 0 aliphatic carbocycles. The van der Waals surface area contributed by atoms with E-state index in [1.807, 2.05) is 0 Å². The first-order valence-electron chi connectivity index (χ1n) is 11.1. The summed E-state index contributed by atoms with van der Waals surface area (Å²) in [7, 11) is 0. The van der Waals surface area contributed by atoms with Crippen LogP contribution in [0, 0.1) is 0 Å². The molecule has 11 heteroatoms. The van der Waals surface area contributed by atoms with Crippen LogP contribution in [0.15, 0.2) is 77.4 Å². The normalized spacial score (nSPS) is 13.2. The van der Waals surface area contributed by atoms with Gasteiger partial charge in [0, 0.05) is 34.8 Å². The highest BCUT2D eigenvalue weighted by Crippen LogP contribution is 2.46. The first kappa shape index (κ1) is 24.3. The monoisotopic (exact) mass is 521 g/mol. The van der Waals surface area contributed by atoms with E-state index in [4.69, 9.17) is 4.74 Å². The number of allylic oxidation sites excluding steroid dienone is 1. The number of rotatable bonds is 6. The van der Waals surface area contributed by atoms with Crippen LogP contribution in [0.2, 0.25) is 0 Å². The lowest BCUT2D eigenvalue weighted by molar-refractivity contribution is -0.138. The Morgan fingerprint density at radius 3 is 2.59 bits per heavy atom. The fourth-order valence-corrected chi connectivity index (χ4v) is 4.60. The van der Waals surface area contributed by atoms with Crippen molar-refractivity contribution in [1.82, 2.24) is 15.2 Å². The average molecular weight is 522 g/mol. The van der Waals surface area contributed by atoms with Crippen LogP contribution in [-0.4, -0.2) is 33.8 Å². The van der Waals surface area contributed by atoms with Gasteiger partial charge < -0.3 is 10.1 Å². The van der Waals surface area contributed by atoms with Crippen LogP contribution in [0.3, 0.4) is 0 Å². The molecule has 0 atom stereocenters. The third kappa shape index (κ3) is 5.41. The Labute approximate surface area is 213 Å². The van der Waals surface area contributed by atoms with Gasteiger partial charge >= 0.3 is 6.18 Å². The molecular weight excluding hydrogens is 503 g/mol. The molecule has 5 rings (SSSR count). The summed E-state index contributed by atoms with van der Waals surface area (Å²) in [5.41, 5.74) is -0.00240. The number of hydrogen-bond acceptors (Lipinski definition) is 7. The minimum atomic E-state index is -4.77. The number of thiazole rings is 1. The number of halogens is 3. The Morgan fingerprint density at radius 1 is 1.05 bits per heavy atom. The summed E-state index contributed by atoms with van der Waals surface area (Å²) in [5.74, 6) is -0.743. The number of nitrogens with one attached hydrogen (secondary N) is 1. The lowest BCUT2D eigenvalue weighted by Crippen LogP contribution is -2.18. The first-order valence-corrected chi connectivity index (χ1v) is 12.0. The van der Waals surface area contributed by atoms with Crippen molar-refractivity contribution in [1.29, 1.82) is 0 Å². The maximum Gasteiger partial charge on any atom is 0.420 e. The molecule has 7 nitrogen and oxygen atoms in total. The van der Waals surface area contributed by atoms with Gasteiger partial charge in [-0.2, -0.15) is 23.4 Å². The molecule has 2 aromatic carbocycles.